The van der Waals surface area contributed by atoms with Crippen LogP contribution in [0.5, 0.6) is 0 Å². The van der Waals surface area contributed by atoms with Crippen LogP contribution in [0.25, 0.3) is 0 Å². The first kappa shape index (κ1) is 12.7. The lowest BCUT2D eigenvalue weighted by molar-refractivity contribution is 0.0662. The van der Waals surface area contributed by atoms with Gasteiger partial charge in [0, 0.05) is 24.5 Å². The monoisotopic (exact) mass is 249 g/mol. The smallest absolute Gasteiger partial charge is 0.411 e. The highest BCUT2D eigenvalue weighted by Crippen LogP contribution is 2.14. The van der Waals surface area contributed by atoms with Crippen molar-refractivity contribution < 1.29 is 9.53 Å². The first-order chi connectivity index (χ1) is 8.63. The maximum Gasteiger partial charge on any atom is 0.411 e. The molecule has 0 spiro atoms. The molecule has 1 heterocycles. The number of amides is 1. The predicted molar refractivity (Wildman–Crippen MR) is 71.5 cm³/mol. The Morgan fingerprint density at radius 1 is 1.33 bits per heavy atom. The van der Waals surface area contributed by atoms with Gasteiger partial charge in [-0.15, -0.1) is 0 Å². The van der Waals surface area contributed by atoms with E-state index in [9.17, 15) is 4.79 Å². The van der Waals surface area contributed by atoms with E-state index in [1.54, 1.807) is 24.3 Å². The molecular formula is C13H19N3O2. The third kappa shape index (κ3) is 3.63. The van der Waals surface area contributed by atoms with Crippen molar-refractivity contribution in [2.24, 2.45) is 0 Å². The lowest BCUT2D eigenvalue weighted by Gasteiger charge is -2.28. The van der Waals surface area contributed by atoms with Gasteiger partial charge in [0.05, 0.1) is 0 Å². The van der Waals surface area contributed by atoms with Crippen LogP contribution in [-0.4, -0.2) is 37.2 Å². The number of carbonyl (C=O) groups excluding carboxylic acids is 1. The van der Waals surface area contributed by atoms with Gasteiger partial charge in [0.2, 0.25) is 0 Å². The van der Waals surface area contributed by atoms with Crippen molar-refractivity contribution in [2.45, 2.75) is 18.9 Å². The number of ether oxygens (including phenoxy) is 1. The zero-order valence-corrected chi connectivity index (χ0v) is 10.6. The van der Waals surface area contributed by atoms with E-state index in [1.807, 2.05) is 0 Å². The summed E-state index contributed by atoms with van der Waals surface area (Å²) in [4.78, 5) is 13.9. The van der Waals surface area contributed by atoms with Crippen LogP contribution >= 0.6 is 0 Å². The van der Waals surface area contributed by atoms with Crippen LogP contribution in [0.15, 0.2) is 24.3 Å². The summed E-state index contributed by atoms with van der Waals surface area (Å²) in [5.41, 5.74) is 6.94. The normalized spacial score (nSPS) is 17.4. The minimum atomic E-state index is -0.394. The molecule has 0 aliphatic carbocycles. The molecule has 1 fully saturated rings. The summed E-state index contributed by atoms with van der Waals surface area (Å²) in [5, 5.41) is 2.70. The van der Waals surface area contributed by atoms with Gasteiger partial charge in [0.15, 0.2) is 0 Å². The predicted octanol–water partition coefficient (Wildman–Crippen LogP) is 1.91. The van der Waals surface area contributed by atoms with Crippen molar-refractivity contribution in [2.75, 3.05) is 31.2 Å². The Morgan fingerprint density at radius 3 is 2.56 bits per heavy atom. The molecule has 0 saturated carbocycles. The summed E-state index contributed by atoms with van der Waals surface area (Å²) in [6, 6.07) is 6.99. The average Bonchev–Trinajstić information content (AvgIpc) is 2.35. The SMILES string of the molecule is CN1CCC(OC(=O)Nc2ccc(N)cc2)CC1. The number of carbonyl (C=O) groups is 1. The molecule has 2 rings (SSSR count). The quantitative estimate of drug-likeness (QED) is 0.786. The molecule has 0 aromatic heterocycles. The second-order valence-corrected chi connectivity index (χ2v) is 4.65. The van der Waals surface area contributed by atoms with Gasteiger partial charge in [-0.2, -0.15) is 0 Å². The van der Waals surface area contributed by atoms with Crippen LogP contribution in [0, 0.1) is 0 Å². The molecule has 18 heavy (non-hydrogen) atoms. The number of hydrogen-bond donors (Lipinski definition) is 2. The number of likely N-dealkylation sites (tertiary alicyclic amines) is 1. The van der Waals surface area contributed by atoms with Gasteiger partial charge in [-0.3, -0.25) is 5.32 Å². The summed E-state index contributed by atoms with van der Waals surface area (Å²) >= 11 is 0. The van der Waals surface area contributed by atoms with Crippen molar-refractivity contribution in [1.82, 2.24) is 4.90 Å². The topological polar surface area (TPSA) is 67.6 Å². The Kier molecular flexibility index (Phi) is 4.04. The first-order valence-corrected chi connectivity index (χ1v) is 6.15. The highest BCUT2D eigenvalue weighted by atomic mass is 16.6. The molecule has 98 valence electrons. The number of rotatable bonds is 2. The van der Waals surface area contributed by atoms with Crippen molar-refractivity contribution in [1.29, 1.82) is 0 Å². The number of anilines is 2. The summed E-state index contributed by atoms with van der Waals surface area (Å²) in [6.07, 6.45) is 1.42. The highest BCUT2D eigenvalue weighted by Gasteiger charge is 2.20. The number of nitrogens with one attached hydrogen (secondary N) is 1. The number of hydrogen-bond acceptors (Lipinski definition) is 4. The summed E-state index contributed by atoms with van der Waals surface area (Å²) in [7, 11) is 2.07. The fourth-order valence-corrected chi connectivity index (χ4v) is 1.97. The largest absolute Gasteiger partial charge is 0.446 e. The molecule has 0 unspecified atom stereocenters. The van der Waals surface area contributed by atoms with E-state index in [4.69, 9.17) is 10.5 Å². The van der Waals surface area contributed by atoms with E-state index >= 15 is 0 Å². The van der Waals surface area contributed by atoms with Gasteiger partial charge in [-0.25, -0.2) is 4.79 Å². The molecule has 0 radical (unpaired) electrons. The summed E-state index contributed by atoms with van der Waals surface area (Å²) < 4.78 is 5.37. The van der Waals surface area contributed by atoms with E-state index in [1.165, 1.54) is 0 Å². The van der Waals surface area contributed by atoms with E-state index in [0.29, 0.717) is 11.4 Å². The summed E-state index contributed by atoms with van der Waals surface area (Å²) in [6.45, 7) is 1.94. The number of benzene rings is 1. The van der Waals surface area contributed by atoms with Crippen LogP contribution in [0.4, 0.5) is 16.2 Å². The number of nitrogens with two attached hydrogens (primary N) is 1. The molecule has 1 aromatic carbocycles. The molecule has 0 atom stereocenters. The fourth-order valence-electron chi connectivity index (χ4n) is 1.97. The van der Waals surface area contributed by atoms with Crippen LogP contribution in [0.3, 0.4) is 0 Å². The van der Waals surface area contributed by atoms with Crippen LogP contribution in [-0.2, 0) is 4.74 Å². The Morgan fingerprint density at radius 2 is 1.94 bits per heavy atom. The maximum atomic E-state index is 11.7. The summed E-state index contributed by atoms with van der Waals surface area (Å²) in [5.74, 6) is 0. The second-order valence-electron chi connectivity index (χ2n) is 4.65. The zero-order chi connectivity index (χ0) is 13.0. The Labute approximate surface area is 107 Å². The van der Waals surface area contributed by atoms with Crippen molar-refractivity contribution in [3.63, 3.8) is 0 Å². The number of nitrogens with zero attached hydrogens (tertiary/aromatic N) is 1. The third-order valence-corrected chi connectivity index (χ3v) is 3.10. The van der Waals surface area contributed by atoms with E-state index in [0.717, 1.165) is 25.9 Å². The first-order valence-electron chi connectivity index (χ1n) is 6.15. The number of nitrogen functional groups attached to an aromatic ring is 1. The molecule has 5 nitrogen and oxygen atoms in total. The Hall–Kier alpha value is -1.75. The van der Waals surface area contributed by atoms with Crippen molar-refractivity contribution >= 4 is 17.5 Å². The van der Waals surface area contributed by atoms with Gasteiger partial charge in [-0.1, -0.05) is 0 Å². The fraction of sp³-hybridized carbons (Fsp3) is 0.462. The lowest BCUT2D eigenvalue weighted by Crippen LogP contribution is -2.36. The highest BCUT2D eigenvalue weighted by molar-refractivity contribution is 5.84. The molecular weight excluding hydrogens is 230 g/mol. The van der Waals surface area contributed by atoms with E-state index in [-0.39, 0.29) is 6.10 Å². The van der Waals surface area contributed by atoms with Crippen LogP contribution < -0.4 is 11.1 Å². The molecule has 1 amide bonds. The molecule has 1 aliphatic rings. The minimum absolute atomic E-state index is 0.0231. The molecule has 3 N–H and O–H groups in total. The molecule has 0 bridgehead atoms. The molecule has 1 aromatic rings. The Balaban J connectivity index is 1.80. The third-order valence-electron chi connectivity index (χ3n) is 3.10. The minimum Gasteiger partial charge on any atom is -0.446 e. The molecule has 5 heteroatoms. The van der Waals surface area contributed by atoms with E-state index < -0.39 is 6.09 Å². The van der Waals surface area contributed by atoms with Gasteiger partial charge in [0.1, 0.15) is 6.10 Å². The molecule has 1 saturated heterocycles. The van der Waals surface area contributed by atoms with Crippen LogP contribution in [0.1, 0.15) is 12.8 Å². The van der Waals surface area contributed by atoms with Gasteiger partial charge >= 0.3 is 6.09 Å². The van der Waals surface area contributed by atoms with Crippen LogP contribution in [0.2, 0.25) is 0 Å². The maximum absolute atomic E-state index is 11.7. The van der Waals surface area contributed by atoms with E-state index in [2.05, 4.69) is 17.3 Å². The van der Waals surface area contributed by atoms with Crippen molar-refractivity contribution in [3.05, 3.63) is 24.3 Å². The lowest BCUT2D eigenvalue weighted by atomic mass is 10.1. The zero-order valence-electron chi connectivity index (χ0n) is 10.6. The number of piperidine rings is 1. The Bertz CT molecular complexity index is 397. The van der Waals surface area contributed by atoms with Crippen molar-refractivity contribution in [3.8, 4) is 0 Å². The standard InChI is InChI=1S/C13H19N3O2/c1-16-8-6-12(7-9-16)18-13(17)15-11-4-2-10(14)3-5-11/h2-5,12H,6-9,14H2,1H3,(H,15,17). The second kappa shape index (κ2) is 5.73. The average molecular weight is 249 g/mol. The van der Waals surface area contributed by atoms with Gasteiger partial charge < -0.3 is 15.4 Å². The van der Waals surface area contributed by atoms with Gasteiger partial charge in [0.25, 0.3) is 0 Å². The molecule has 1 aliphatic heterocycles. The van der Waals surface area contributed by atoms with Gasteiger partial charge in [-0.05, 0) is 44.2 Å².